The summed E-state index contributed by atoms with van der Waals surface area (Å²) in [7, 11) is 0. The van der Waals surface area contributed by atoms with Crippen molar-refractivity contribution in [1.29, 1.82) is 0 Å². The third-order valence-electron chi connectivity index (χ3n) is 3.78. The SMILES string of the molecule is CSC1CCCCC1NC(=O)c1cccc([N+](=O)[O-])c1O. The summed E-state index contributed by atoms with van der Waals surface area (Å²) in [6, 6.07) is 4.02. The number of aromatic hydroxyl groups is 1. The molecule has 2 N–H and O–H groups in total. The number of hydrogen-bond donors (Lipinski definition) is 2. The largest absolute Gasteiger partial charge is 0.502 e. The molecule has 1 aromatic carbocycles. The fraction of sp³-hybridized carbons (Fsp3) is 0.500. The van der Waals surface area contributed by atoms with E-state index < -0.39 is 22.3 Å². The first kappa shape index (κ1) is 15.6. The fourth-order valence-electron chi connectivity index (χ4n) is 2.65. The molecule has 2 atom stereocenters. The Morgan fingerprint density at radius 3 is 2.81 bits per heavy atom. The molecule has 1 aliphatic carbocycles. The van der Waals surface area contributed by atoms with Crippen molar-refractivity contribution < 1.29 is 14.8 Å². The highest BCUT2D eigenvalue weighted by Gasteiger charge is 2.28. The number of para-hydroxylation sites is 1. The van der Waals surface area contributed by atoms with E-state index in [1.54, 1.807) is 11.8 Å². The van der Waals surface area contributed by atoms with Crippen LogP contribution < -0.4 is 5.32 Å². The molecule has 0 aromatic heterocycles. The average molecular weight is 310 g/mol. The molecule has 0 saturated heterocycles. The maximum atomic E-state index is 12.3. The third kappa shape index (κ3) is 3.47. The highest BCUT2D eigenvalue weighted by atomic mass is 32.2. The standard InChI is InChI=1S/C14H18N2O4S/c1-21-12-8-3-2-6-10(12)15-14(18)9-5-4-7-11(13(9)17)16(19)20/h4-5,7,10,12,17H,2-3,6,8H2,1H3,(H,15,18). The molecular weight excluding hydrogens is 292 g/mol. The summed E-state index contributed by atoms with van der Waals surface area (Å²) in [5, 5.41) is 23.9. The molecule has 21 heavy (non-hydrogen) atoms. The van der Waals surface area contributed by atoms with Crippen LogP contribution in [0.15, 0.2) is 18.2 Å². The number of carbonyl (C=O) groups excluding carboxylic acids is 1. The Kier molecular flexibility index (Phi) is 5.06. The molecule has 0 heterocycles. The molecule has 0 spiro atoms. The predicted octanol–water partition coefficient (Wildman–Crippen LogP) is 2.70. The molecule has 1 fully saturated rings. The second kappa shape index (κ2) is 6.80. The number of nitro groups is 1. The molecule has 0 bridgehead atoms. The number of nitrogens with zero attached hydrogens (tertiary/aromatic N) is 1. The Morgan fingerprint density at radius 1 is 1.43 bits per heavy atom. The van der Waals surface area contributed by atoms with Crippen LogP contribution in [0.4, 0.5) is 5.69 Å². The molecule has 1 aromatic rings. The molecule has 7 heteroatoms. The van der Waals surface area contributed by atoms with Gasteiger partial charge in [0.1, 0.15) is 0 Å². The zero-order chi connectivity index (χ0) is 15.4. The smallest absolute Gasteiger partial charge is 0.311 e. The third-order valence-corrected chi connectivity index (χ3v) is 4.95. The number of hydrogen-bond acceptors (Lipinski definition) is 5. The number of rotatable bonds is 4. The van der Waals surface area contributed by atoms with Crippen LogP contribution in [0.1, 0.15) is 36.0 Å². The minimum atomic E-state index is -0.697. The lowest BCUT2D eigenvalue weighted by Crippen LogP contribution is -2.43. The molecule has 114 valence electrons. The van der Waals surface area contributed by atoms with Gasteiger partial charge in [0.2, 0.25) is 5.75 Å². The molecule has 2 unspecified atom stereocenters. The van der Waals surface area contributed by atoms with Crippen LogP contribution in [0.25, 0.3) is 0 Å². The highest BCUT2D eigenvalue weighted by molar-refractivity contribution is 7.99. The van der Waals surface area contributed by atoms with Crippen LogP contribution in [-0.4, -0.2) is 33.5 Å². The van der Waals surface area contributed by atoms with E-state index in [0.29, 0.717) is 5.25 Å². The summed E-state index contributed by atoms with van der Waals surface area (Å²) >= 11 is 1.72. The zero-order valence-corrected chi connectivity index (χ0v) is 12.6. The van der Waals surface area contributed by atoms with Gasteiger partial charge in [0.25, 0.3) is 5.91 Å². The van der Waals surface area contributed by atoms with E-state index in [9.17, 15) is 20.0 Å². The topological polar surface area (TPSA) is 92.5 Å². The number of nitrogens with one attached hydrogen (secondary N) is 1. The maximum absolute atomic E-state index is 12.3. The van der Waals surface area contributed by atoms with Gasteiger partial charge in [-0.1, -0.05) is 18.9 Å². The Balaban J connectivity index is 2.17. The first-order valence-electron chi connectivity index (χ1n) is 6.84. The lowest BCUT2D eigenvalue weighted by molar-refractivity contribution is -0.385. The minimum absolute atomic E-state index is 0.0416. The van der Waals surface area contributed by atoms with Gasteiger partial charge in [-0.25, -0.2) is 0 Å². The van der Waals surface area contributed by atoms with Crippen LogP contribution in [0, 0.1) is 10.1 Å². The summed E-state index contributed by atoms with van der Waals surface area (Å²) in [5.41, 5.74) is -0.498. The fourth-order valence-corrected chi connectivity index (χ4v) is 3.59. The summed E-state index contributed by atoms with van der Waals surface area (Å²) in [6.45, 7) is 0. The van der Waals surface area contributed by atoms with Crippen molar-refractivity contribution in [2.24, 2.45) is 0 Å². The van der Waals surface area contributed by atoms with Crippen LogP contribution >= 0.6 is 11.8 Å². The summed E-state index contributed by atoms with van der Waals surface area (Å²) < 4.78 is 0. The lowest BCUT2D eigenvalue weighted by atomic mass is 9.94. The van der Waals surface area contributed by atoms with Crippen molar-refractivity contribution in [2.75, 3.05) is 6.26 Å². The van der Waals surface area contributed by atoms with E-state index in [2.05, 4.69) is 5.32 Å². The normalized spacial score (nSPS) is 21.8. The van der Waals surface area contributed by atoms with E-state index in [1.807, 2.05) is 6.26 Å². The number of carbonyl (C=O) groups is 1. The van der Waals surface area contributed by atoms with Gasteiger partial charge in [-0.2, -0.15) is 11.8 Å². The summed E-state index contributed by atoms with van der Waals surface area (Å²) in [6.07, 6.45) is 6.17. The molecule has 1 aliphatic rings. The van der Waals surface area contributed by atoms with Crippen LogP contribution in [-0.2, 0) is 0 Å². The number of amides is 1. The maximum Gasteiger partial charge on any atom is 0.311 e. The molecule has 2 rings (SSSR count). The van der Waals surface area contributed by atoms with Gasteiger partial charge in [0.05, 0.1) is 10.5 Å². The van der Waals surface area contributed by atoms with E-state index in [-0.39, 0.29) is 11.6 Å². The Morgan fingerprint density at radius 2 is 2.14 bits per heavy atom. The highest BCUT2D eigenvalue weighted by Crippen LogP contribution is 2.31. The summed E-state index contributed by atoms with van der Waals surface area (Å²) in [5.74, 6) is -1.03. The number of thioether (sulfide) groups is 1. The van der Waals surface area contributed by atoms with Crippen molar-refractivity contribution in [1.82, 2.24) is 5.32 Å². The number of phenolic OH excluding ortho intramolecular Hbond substituents is 1. The van der Waals surface area contributed by atoms with Gasteiger partial charge in [0, 0.05) is 17.4 Å². The Hall–Kier alpha value is -1.76. The minimum Gasteiger partial charge on any atom is -0.502 e. The van der Waals surface area contributed by atoms with Crippen molar-refractivity contribution in [2.45, 2.75) is 37.0 Å². The number of benzene rings is 1. The second-order valence-corrected chi connectivity index (χ2v) is 6.15. The van der Waals surface area contributed by atoms with E-state index >= 15 is 0 Å². The monoisotopic (exact) mass is 310 g/mol. The molecule has 1 saturated carbocycles. The quantitative estimate of drug-likeness (QED) is 0.659. The van der Waals surface area contributed by atoms with Crippen molar-refractivity contribution in [3.63, 3.8) is 0 Å². The van der Waals surface area contributed by atoms with Crippen LogP contribution in [0.2, 0.25) is 0 Å². The van der Waals surface area contributed by atoms with Crippen molar-refractivity contribution >= 4 is 23.4 Å². The summed E-state index contributed by atoms with van der Waals surface area (Å²) in [4.78, 5) is 22.4. The van der Waals surface area contributed by atoms with E-state index in [1.165, 1.54) is 18.2 Å². The Labute approximate surface area is 127 Å². The number of phenols is 1. The van der Waals surface area contributed by atoms with Gasteiger partial charge >= 0.3 is 5.69 Å². The Bertz CT molecular complexity index is 550. The molecule has 0 radical (unpaired) electrons. The zero-order valence-electron chi connectivity index (χ0n) is 11.7. The molecular formula is C14H18N2O4S. The first-order chi connectivity index (χ1) is 10.0. The van der Waals surface area contributed by atoms with Gasteiger partial charge in [-0.3, -0.25) is 14.9 Å². The van der Waals surface area contributed by atoms with Crippen molar-refractivity contribution in [3.8, 4) is 5.75 Å². The molecule has 1 amide bonds. The second-order valence-electron chi connectivity index (χ2n) is 5.07. The van der Waals surface area contributed by atoms with Crippen LogP contribution in [0.5, 0.6) is 5.75 Å². The van der Waals surface area contributed by atoms with Gasteiger partial charge in [-0.05, 0) is 25.2 Å². The molecule has 0 aliphatic heterocycles. The molecule has 6 nitrogen and oxygen atoms in total. The van der Waals surface area contributed by atoms with Crippen LogP contribution in [0.3, 0.4) is 0 Å². The van der Waals surface area contributed by atoms with E-state index in [0.717, 1.165) is 25.7 Å². The van der Waals surface area contributed by atoms with Gasteiger partial charge in [0.15, 0.2) is 0 Å². The van der Waals surface area contributed by atoms with Gasteiger partial charge < -0.3 is 10.4 Å². The van der Waals surface area contributed by atoms with Gasteiger partial charge in [-0.15, -0.1) is 0 Å². The van der Waals surface area contributed by atoms with E-state index in [4.69, 9.17) is 0 Å². The average Bonchev–Trinajstić information content (AvgIpc) is 2.47. The lowest BCUT2D eigenvalue weighted by Gasteiger charge is -2.30. The predicted molar refractivity (Wildman–Crippen MR) is 81.8 cm³/mol. The van der Waals surface area contributed by atoms with Crippen molar-refractivity contribution in [3.05, 3.63) is 33.9 Å². The number of nitro benzene ring substituents is 1. The first-order valence-corrected chi connectivity index (χ1v) is 8.13.